The fourth-order valence-electron chi connectivity index (χ4n) is 1.94. The molecular formula is C11H13Cl2FN2O2S. The number of nitrogens with zero attached hydrogens (tertiary/aromatic N) is 1. The molecule has 8 heteroatoms. The van der Waals surface area contributed by atoms with Crippen LogP contribution in [0.3, 0.4) is 0 Å². The Bertz CT molecular complexity index is 591. The van der Waals surface area contributed by atoms with Gasteiger partial charge in [0.2, 0.25) is 10.0 Å². The first-order valence-electron chi connectivity index (χ1n) is 5.75. The SMILES string of the molecule is CCN(C1CNC1)S(=O)(=O)c1ccc(Cl)c(F)c1Cl. The van der Waals surface area contributed by atoms with E-state index in [0.29, 0.717) is 19.6 Å². The van der Waals surface area contributed by atoms with Crippen molar-refractivity contribution in [1.82, 2.24) is 9.62 Å². The topological polar surface area (TPSA) is 49.4 Å². The molecule has 1 aliphatic rings. The van der Waals surface area contributed by atoms with Gasteiger partial charge >= 0.3 is 0 Å². The Kier molecular flexibility index (Phi) is 4.37. The summed E-state index contributed by atoms with van der Waals surface area (Å²) in [4.78, 5) is -0.246. The Hall–Kier alpha value is -0.400. The van der Waals surface area contributed by atoms with E-state index in [1.165, 1.54) is 16.4 Å². The van der Waals surface area contributed by atoms with E-state index in [1.807, 2.05) is 0 Å². The molecule has 1 N–H and O–H groups in total. The van der Waals surface area contributed by atoms with Crippen LogP contribution in [-0.2, 0) is 10.0 Å². The summed E-state index contributed by atoms with van der Waals surface area (Å²) in [6.07, 6.45) is 0. The van der Waals surface area contributed by atoms with Crippen LogP contribution < -0.4 is 5.32 Å². The monoisotopic (exact) mass is 326 g/mol. The summed E-state index contributed by atoms with van der Waals surface area (Å²) in [5.74, 6) is -0.910. The highest BCUT2D eigenvalue weighted by Crippen LogP contribution is 2.32. The summed E-state index contributed by atoms with van der Waals surface area (Å²) in [6.45, 7) is 3.20. The van der Waals surface area contributed by atoms with Gasteiger partial charge < -0.3 is 5.32 Å². The number of sulfonamides is 1. The maximum Gasteiger partial charge on any atom is 0.244 e. The molecule has 19 heavy (non-hydrogen) atoms. The number of halogens is 3. The fourth-order valence-corrected chi connectivity index (χ4v) is 4.29. The first kappa shape index (κ1) is 15.0. The molecule has 0 bridgehead atoms. The molecule has 1 fully saturated rings. The van der Waals surface area contributed by atoms with Crippen LogP contribution in [0.2, 0.25) is 10.0 Å². The van der Waals surface area contributed by atoms with Crippen LogP contribution in [0.5, 0.6) is 0 Å². The number of nitrogens with one attached hydrogen (secondary N) is 1. The van der Waals surface area contributed by atoms with E-state index in [4.69, 9.17) is 23.2 Å². The van der Waals surface area contributed by atoms with Gasteiger partial charge in [0.05, 0.1) is 16.1 Å². The molecule has 1 heterocycles. The smallest absolute Gasteiger partial charge is 0.244 e. The zero-order valence-corrected chi connectivity index (χ0v) is 12.5. The maximum atomic E-state index is 13.6. The second kappa shape index (κ2) is 5.54. The van der Waals surface area contributed by atoms with Crippen molar-refractivity contribution in [1.29, 1.82) is 0 Å². The molecular weight excluding hydrogens is 314 g/mol. The second-order valence-electron chi connectivity index (χ2n) is 4.19. The van der Waals surface area contributed by atoms with Gasteiger partial charge in [-0.25, -0.2) is 12.8 Å². The average Bonchev–Trinajstić information content (AvgIpc) is 2.29. The zero-order valence-electron chi connectivity index (χ0n) is 10.2. The molecule has 1 aromatic rings. The molecule has 0 unspecified atom stereocenters. The minimum Gasteiger partial charge on any atom is -0.313 e. The molecule has 1 aliphatic heterocycles. The third-order valence-electron chi connectivity index (χ3n) is 3.07. The Labute approximate surface area is 121 Å². The maximum absolute atomic E-state index is 13.6. The average molecular weight is 327 g/mol. The van der Waals surface area contributed by atoms with Crippen molar-refractivity contribution in [3.05, 3.63) is 28.0 Å². The van der Waals surface area contributed by atoms with E-state index < -0.39 is 20.9 Å². The molecule has 106 valence electrons. The van der Waals surface area contributed by atoms with Crippen LogP contribution in [-0.4, -0.2) is 38.4 Å². The summed E-state index contributed by atoms with van der Waals surface area (Å²) < 4.78 is 39.9. The third-order valence-corrected chi connectivity index (χ3v) is 5.91. The minimum absolute atomic E-state index is 0.121. The molecule has 0 spiro atoms. The summed E-state index contributed by atoms with van der Waals surface area (Å²) in [5.41, 5.74) is 0. The quantitative estimate of drug-likeness (QED) is 0.862. The van der Waals surface area contributed by atoms with E-state index in [1.54, 1.807) is 6.92 Å². The molecule has 0 saturated carbocycles. The van der Waals surface area contributed by atoms with Crippen LogP contribution in [0.1, 0.15) is 6.92 Å². The van der Waals surface area contributed by atoms with Gasteiger partial charge in [-0.1, -0.05) is 30.1 Å². The van der Waals surface area contributed by atoms with Crippen molar-refractivity contribution >= 4 is 33.2 Å². The molecule has 2 rings (SSSR count). The fraction of sp³-hybridized carbons (Fsp3) is 0.455. The number of hydrogen-bond acceptors (Lipinski definition) is 3. The molecule has 0 radical (unpaired) electrons. The van der Waals surface area contributed by atoms with Gasteiger partial charge in [0.1, 0.15) is 4.90 Å². The predicted molar refractivity (Wildman–Crippen MR) is 72.6 cm³/mol. The van der Waals surface area contributed by atoms with Gasteiger partial charge in [0.25, 0.3) is 0 Å². The standard InChI is InChI=1S/C11H13Cl2FN2O2S/c1-2-16(7-5-15-6-7)19(17,18)9-4-3-8(12)11(14)10(9)13/h3-4,7,15H,2,5-6H2,1H3. The molecule has 0 aromatic heterocycles. The van der Waals surface area contributed by atoms with Crippen LogP contribution in [0.25, 0.3) is 0 Å². The van der Waals surface area contributed by atoms with Crippen molar-refractivity contribution in [2.24, 2.45) is 0 Å². The van der Waals surface area contributed by atoms with Gasteiger partial charge in [-0.2, -0.15) is 4.31 Å². The Morgan fingerprint density at radius 3 is 2.53 bits per heavy atom. The minimum atomic E-state index is -3.82. The van der Waals surface area contributed by atoms with Gasteiger partial charge in [0.15, 0.2) is 5.82 Å². The number of benzene rings is 1. The van der Waals surface area contributed by atoms with Gasteiger partial charge in [-0.3, -0.25) is 0 Å². The lowest BCUT2D eigenvalue weighted by atomic mass is 10.2. The molecule has 0 amide bonds. The summed E-state index contributed by atoms with van der Waals surface area (Å²) in [5, 5.41) is 2.34. The highest BCUT2D eigenvalue weighted by atomic mass is 35.5. The van der Waals surface area contributed by atoms with Gasteiger partial charge in [0, 0.05) is 19.6 Å². The van der Waals surface area contributed by atoms with E-state index in [2.05, 4.69) is 5.32 Å². The first-order chi connectivity index (χ1) is 8.89. The molecule has 1 saturated heterocycles. The normalized spacial score (nSPS) is 16.7. The van der Waals surface area contributed by atoms with E-state index in [9.17, 15) is 12.8 Å². The molecule has 0 aliphatic carbocycles. The van der Waals surface area contributed by atoms with Crippen LogP contribution in [0.4, 0.5) is 4.39 Å². The van der Waals surface area contributed by atoms with Crippen molar-refractivity contribution in [2.75, 3.05) is 19.6 Å². The lowest BCUT2D eigenvalue weighted by Gasteiger charge is -2.36. The first-order valence-corrected chi connectivity index (χ1v) is 7.95. The van der Waals surface area contributed by atoms with Gasteiger partial charge in [-0.15, -0.1) is 0 Å². The summed E-state index contributed by atoms with van der Waals surface area (Å²) in [6, 6.07) is 2.31. The third kappa shape index (κ3) is 2.60. The van der Waals surface area contributed by atoms with E-state index >= 15 is 0 Å². The molecule has 0 atom stereocenters. The van der Waals surface area contributed by atoms with Crippen molar-refractivity contribution in [3.63, 3.8) is 0 Å². The van der Waals surface area contributed by atoms with Crippen molar-refractivity contribution in [3.8, 4) is 0 Å². The Morgan fingerprint density at radius 2 is 2.05 bits per heavy atom. The molecule has 1 aromatic carbocycles. The predicted octanol–water partition coefficient (Wildman–Crippen LogP) is 2.11. The van der Waals surface area contributed by atoms with Crippen molar-refractivity contribution in [2.45, 2.75) is 17.9 Å². The Balaban J connectivity index is 2.46. The second-order valence-corrected chi connectivity index (χ2v) is 6.84. The summed E-state index contributed by atoms with van der Waals surface area (Å²) in [7, 11) is -3.82. The lowest BCUT2D eigenvalue weighted by Crippen LogP contribution is -2.58. The number of likely N-dealkylation sites (N-methyl/N-ethyl adjacent to an activating group) is 1. The lowest BCUT2D eigenvalue weighted by molar-refractivity contribution is 0.249. The Morgan fingerprint density at radius 1 is 1.42 bits per heavy atom. The molecule has 4 nitrogen and oxygen atoms in total. The summed E-state index contributed by atoms with van der Waals surface area (Å²) >= 11 is 11.3. The number of rotatable bonds is 4. The van der Waals surface area contributed by atoms with Gasteiger partial charge in [-0.05, 0) is 12.1 Å². The van der Waals surface area contributed by atoms with E-state index in [-0.39, 0.29) is 16.0 Å². The largest absolute Gasteiger partial charge is 0.313 e. The van der Waals surface area contributed by atoms with Crippen molar-refractivity contribution < 1.29 is 12.8 Å². The van der Waals surface area contributed by atoms with Crippen LogP contribution >= 0.6 is 23.2 Å². The zero-order chi connectivity index (χ0) is 14.2. The van der Waals surface area contributed by atoms with Crippen LogP contribution in [0.15, 0.2) is 17.0 Å². The van der Waals surface area contributed by atoms with E-state index in [0.717, 1.165) is 0 Å². The number of hydrogen-bond donors (Lipinski definition) is 1. The van der Waals surface area contributed by atoms with Crippen LogP contribution in [0, 0.1) is 5.82 Å². The highest BCUT2D eigenvalue weighted by molar-refractivity contribution is 7.89. The highest BCUT2D eigenvalue weighted by Gasteiger charge is 2.35.